The third-order valence-electron chi connectivity index (χ3n) is 7.58. The Labute approximate surface area is 251 Å². The Kier molecular flexibility index (Phi) is 10.5. The van der Waals surface area contributed by atoms with Crippen LogP contribution >= 0.6 is 11.3 Å². The Bertz CT molecular complexity index is 1660. The van der Waals surface area contributed by atoms with Crippen LogP contribution in [0.25, 0.3) is 15.2 Å². The number of thiophene rings is 1. The van der Waals surface area contributed by atoms with Crippen LogP contribution in [0, 0.1) is 12.7 Å². The minimum absolute atomic E-state index is 0.138. The smallest absolute Gasteiger partial charge is 0.332 e. The maximum Gasteiger partial charge on any atom is 0.332 e. The van der Waals surface area contributed by atoms with Crippen LogP contribution < -0.4 is 16.0 Å². The molecular weight excluding hydrogens is 579 g/mol. The Morgan fingerprint density at radius 3 is 2.33 bits per heavy atom. The SMILES string of the molecule is CCN(C)C(=O)Cn1c(=O)c2c(C)c(-n3nccn3)sc2n(CCc2cc(F)ccc2OC)c1=O.OC1CCC(O)CC1. The minimum atomic E-state index is -0.614. The number of likely N-dealkylation sites (N-methyl/N-ethyl adjacent to an activating group) is 1. The van der Waals surface area contributed by atoms with Gasteiger partial charge in [0.15, 0.2) is 0 Å². The summed E-state index contributed by atoms with van der Waals surface area (Å²) < 4.78 is 21.6. The highest BCUT2D eigenvalue weighted by atomic mass is 32.1. The van der Waals surface area contributed by atoms with Crippen molar-refractivity contribution in [3.63, 3.8) is 0 Å². The molecule has 1 fully saturated rings. The van der Waals surface area contributed by atoms with E-state index in [1.807, 2.05) is 0 Å². The largest absolute Gasteiger partial charge is 0.496 e. The second-order valence-electron chi connectivity index (χ2n) is 10.4. The molecule has 0 spiro atoms. The standard InChI is InChI=1S/C23H25FN6O4S.C6H12O2/c1-5-27(3)18(31)13-29-20(32)19-14(2)21(30-25-9-10-26-30)35-22(19)28(23(29)33)11-8-15-12-16(24)6-7-17(15)34-4;7-5-1-2-6(8)4-3-5/h6-7,9-10,12H,5,8,11,13H2,1-4H3;5-8H,1-4H2. The molecule has 232 valence electrons. The maximum atomic E-state index is 13.9. The van der Waals surface area contributed by atoms with Crippen molar-refractivity contribution in [3.8, 4) is 10.8 Å². The maximum absolute atomic E-state index is 13.9. The number of aromatic nitrogens is 5. The topological polar surface area (TPSA) is 145 Å². The van der Waals surface area contributed by atoms with Crippen LogP contribution in [0.4, 0.5) is 4.39 Å². The van der Waals surface area contributed by atoms with Gasteiger partial charge in [-0.3, -0.25) is 18.7 Å². The number of aliphatic hydroxyl groups excluding tert-OH is 2. The number of ether oxygens (including phenoxy) is 1. The molecule has 1 saturated carbocycles. The number of carbonyl (C=O) groups excluding carboxylic acids is 1. The van der Waals surface area contributed by atoms with E-state index < -0.39 is 17.1 Å². The van der Waals surface area contributed by atoms with Crippen molar-refractivity contribution in [2.75, 3.05) is 20.7 Å². The first kappa shape index (κ1) is 32.0. The van der Waals surface area contributed by atoms with Gasteiger partial charge in [0.25, 0.3) is 5.56 Å². The summed E-state index contributed by atoms with van der Waals surface area (Å²) in [6.45, 7) is 3.76. The number of aliphatic hydroxyl groups is 2. The van der Waals surface area contributed by atoms with Gasteiger partial charge < -0.3 is 19.8 Å². The first-order chi connectivity index (χ1) is 20.5. The van der Waals surface area contributed by atoms with E-state index >= 15 is 0 Å². The molecule has 3 heterocycles. The van der Waals surface area contributed by atoms with E-state index in [0.717, 1.165) is 30.3 Å². The summed E-state index contributed by atoms with van der Waals surface area (Å²) in [4.78, 5) is 42.8. The van der Waals surface area contributed by atoms with Gasteiger partial charge in [0.05, 0.1) is 37.1 Å². The molecule has 1 aliphatic rings. The number of hydrogen-bond donors (Lipinski definition) is 2. The number of methoxy groups -OCH3 is 1. The zero-order chi connectivity index (χ0) is 31.3. The van der Waals surface area contributed by atoms with Crippen molar-refractivity contribution in [1.82, 2.24) is 29.0 Å². The lowest BCUT2D eigenvalue weighted by atomic mass is 9.95. The Morgan fingerprint density at radius 1 is 1.12 bits per heavy atom. The monoisotopic (exact) mass is 616 g/mol. The van der Waals surface area contributed by atoms with Crippen LogP contribution in [0.2, 0.25) is 0 Å². The molecule has 14 heteroatoms. The first-order valence-electron chi connectivity index (χ1n) is 14.1. The highest BCUT2D eigenvalue weighted by Gasteiger charge is 2.23. The van der Waals surface area contributed by atoms with Crippen molar-refractivity contribution >= 4 is 27.5 Å². The van der Waals surface area contributed by atoms with Crippen LogP contribution in [0.3, 0.4) is 0 Å². The summed E-state index contributed by atoms with van der Waals surface area (Å²) in [5.74, 6) is -0.283. The highest BCUT2D eigenvalue weighted by Crippen LogP contribution is 2.30. The summed E-state index contributed by atoms with van der Waals surface area (Å²) in [6, 6.07) is 4.18. The Hall–Kier alpha value is -3.88. The number of halogens is 1. The summed E-state index contributed by atoms with van der Waals surface area (Å²) in [7, 11) is 3.10. The fraction of sp³-hybridized carbons (Fsp3) is 0.483. The molecule has 43 heavy (non-hydrogen) atoms. The number of hydrogen-bond acceptors (Lipinski definition) is 9. The van der Waals surface area contributed by atoms with Gasteiger partial charge in [-0.25, -0.2) is 9.18 Å². The van der Waals surface area contributed by atoms with E-state index in [2.05, 4.69) is 10.2 Å². The van der Waals surface area contributed by atoms with Crippen molar-refractivity contribution in [2.45, 2.75) is 71.2 Å². The van der Waals surface area contributed by atoms with Gasteiger partial charge in [0.1, 0.15) is 27.9 Å². The van der Waals surface area contributed by atoms with E-state index in [9.17, 15) is 18.8 Å². The number of nitrogens with zero attached hydrogens (tertiary/aromatic N) is 6. The molecule has 3 aromatic heterocycles. The molecule has 2 N–H and O–H groups in total. The van der Waals surface area contributed by atoms with Gasteiger partial charge in [-0.1, -0.05) is 11.3 Å². The summed E-state index contributed by atoms with van der Waals surface area (Å²) in [6.07, 6.45) is 6.14. The molecule has 0 atom stereocenters. The Balaban J connectivity index is 0.000000458. The highest BCUT2D eigenvalue weighted by molar-refractivity contribution is 7.21. The molecule has 0 bridgehead atoms. The summed E-state index contributed by atoms with van der Waals surface area (Å²) in [5.41, 5.74) is 0.0224. The van der Waals surface area contributed by atoms with E-state index in [4.69, 9.17) is 14.9 Å². The van der Waals surface area contributed by atoms with Crippen molar-refractivity contribution in [1.29, 1.82) is 0 Å². The fourth-order valence-electron chi connectivity index (χ4n) is 4.90. The Morgan fingerprint density at radius 2 is 1.74 bits per heavy atom. The molecular formula is C29H37FN6O6S. The number of benzene rings is 1. The molecule has 1 aromatic carbocycles. The van der Waals surface area contributed by atoms with Crippen molar-refractivity contribution < 1.29 is 24.1 Å². The van der Waals surface area contributed by atoms with Crippen LogP contribution in [-0.4, -0.2) is 78.1 Å². The number of rotatable bonds is 8. The number of fused-ring (bicyclic) bond motifs is 1. The molecule has 12 nitrogen and oxygen atoms in total. The lowest BCUT2D eigenvalue weighted by Crippen LogP contribution is -2.44. The van der Waals surface area contributed by atoms with E-state index in [0.29, 0.717) is 38.6 Å². The van der Waals surface area contributed by atoms with Crippen LogP contribution in [-0.2, 0) is 24.3 Å². The van der Waals surface area contributed by atoms with E-state index in [1.165, 1.54) is 63.3 Å². The number of amides is 1. The normalized spacial score (nSPS) is 16.5. The van der Waals surface area contributed by atoms with Crippen molar-refractivity contribution in [2.24, 2.45) is 0 Å². The third-order valence-corrected chi connectivity index (χ3v) is 8.86. The zero-order valence-electron chi connectivity index (χ0n) is 24.7. The molecule has 1 aliphatic carbocycles. The van der Waals surface area contributed by atoms with E-state index in [1.54, 1.807) is 20.9 Å². The van der Waals surface area contributed by atoms with E-state index in [-0.39, 0.29) is 37.6 Å². The zero-order valence-corrected chi connectivity index (χ0v) is 25.5. The minimum Gasteiger partial charge on any atom is -0.496 e. The van der Waals surface area contributed by atoms with Crippen LogP contribution in [0.15, 0.2) is 40.2 Å². The van der Waals surface area contributed by atoms with Gasteiger partial charge >= 0.3 is 5.69 Å². The predicted octanol–water partition coefficient (Wildman–Crippen LogP) is 2.26. The summed E-state index contributed by atoms with van der Waals surface area (Å²) in [5, 5.41) is 27.1. The molecule has 0 unspecified atom stereocenters. The lowest BCUT2D eigenvalue weighted by Gasteiger charge is -2.20. The molecule has 1 amide bonds. The van der Waals surface area contributed by atoms with Gasteiger partial charge in [-0.2, -0.15) is 10.2 Å². The van der Waals surface area contributed by atoms with Gasteiger partial charge in [-0.05, 0) is 69.7 Å². The van der Waals surface area contributed by atoms with Crippen molar-refractivity contribution in [3.05, 3.63) is 68.4 Å². The predicted molar refractivity (Wildman–Crippen MR) is 160 cm³/mol. The van der Waals surface area contributed by atoms with Crippen LogP contribution in [0.1, 0.15) is 43.7 Å². The first-order valence-corrected chi connectivity index (χ1v) is 14.9. The lowest BCUT2D eigenvalue weighted by molar-refractivity contribution is -0.130. The number of carbonyl (C=O) groups is 1. The summed E-state index contributed by atoms with van der Waals surface area (Å²) >= 11 is 1.21. The quantitative estimate of drug-likeness (QED) is 0.307. The molecule has 5 rings (SSSR count). The van der Waals surface area contributed by atoms with Gasteiger partial charge in [0, 0.05) is 25.7 Å². The average molecular weight is 617 g/mol. The second-order valence-corrected chi connectivity index (χ2v) is 11.4. The van der Waals surface area contributed by atoms with Gasteiger partial charge in [-0.15, -0.1) is 4.80 Å². The fourth-order valence-corrected chi connectivity index (χ4v) is 6.13. The van der Waals surface area contributed by atoms with Crippen LogP contribution in [0.5, 0.6) is 5.75 Å². The van der Waals surface area contributed by atoms with Gasteiger partial charge in [0.2, 0.25) is 5.91 Å². The molecule has 0 radical (unpaired) electrons. The average Bonchev–Trinajstić information content (AvgIpc) is 3.65. The molecule has 0 saturated heterocycles. The molecule has 4 aromatic rings. The second kappa shape index (κ2) is 14.1. The number of aryl methyl sites for hydroxylation is 3. The third kappa shape index (κ3) is 7.20. The molecule has 0 aliphatic heterocycles.